The number of aliphatic imine (C=N–C) groups is 1. The second kappa shape index (κ2) is 5.56. The minimum absolute atomic E-state index is 0.00431. The van der Waals surface area contributed by atoms with Gasteiger partial charge in [-0.15, -0.1) is 0 Å². The monoisotopic (exact) mass is 259 g/mol. The van der Waals surface area contributed by atoms with Crippen molar-refractivity contribution in [3.63, 3.8) is 0 Å². The summed E-state index contributed by atoms with van der Waals surface area (Å²) in [5.74, 6) is -2.47. The summed E-state index contributed by atoms with van der Waals surface area (Å²) in [6.07, 6.45) is -0.271. The standard InChI is InChI=1S/C7H9N5O6/c1-2-18-5(13)3-4-8-6(10-9-4)7(11(14)15)12(16)17/h10H,2-3H2,1H3,(H,8,9). The minimum Gasteiger partial charge on any atom is -0.466 e. The van der Waals surface area contributed by atoms with E-state index in [1.807, 2.05) is 0 Å². The average molecular weight is 259 g/mol. The lowest BCUT2D eigenvalue weighted by Crippen LogP contribution is -2.32. The predicted octanol–water partition coefficient (Wildman–Crippen LogP) is -0.874. The number of carbonyl (C=O) groups is 1. The van der Waals surface area contributed by atoms with Crippen LogP contribution in [0.2, 0.25) is 0 Å². The van der Waals surface area contributed by atoms with Crippen LogP contribution in [0.1, 0.15) is 13.3 Å². The Labute approximate surface area is 99.8 Å². The van der Waals surface area contributed by atoms with Crippen LogP contribution in [0.25, 0.3) is 0 Å². The van der Waals surface area contributed by atoms with E-state index >= 15 is 0 Å². The van der Waals surface area contributed by atoms with E-state index in [-0.39, 0.29) is 18.9 Å². The lowest BCUT2D eigenvalue weighted by atomic mass is 10.4. The largest absolute Gasteiger partial charge is 0.603 e. The van der Waals surface area contributed by atoms with E-state index in [0.717, 1.165) is 0 Å². The van der Waals surface area contributed by atoms with Gasteiger partial charge >= 0.3 is 17.6 Å². The van der Waals surface area contributed by atoms with Gasteiger partial charge in [-0.25, -0.2) is 4.99 Å². The van der Waals surface area contributed by atoms with Crippen LogP contribution in [0.3, 0.4) is 0 Å². The van der Waals surface area contributed by atoms with E-state index in [1.165, 1.54) is 0 Å². The second-order valence-corrected chi connectivity index (χ2v) is 2.98. The van der Waals surface area contributed by atoms with Crippen LogP contribution in [-0.2, 0) is 9.53 Å². The molecule has 0 bridgehead atoms. The molecule has 98 valence electrons. The van der Waals surface area contributed by atoms with Crippen molar-refractivity contribution in [2.45, 2.75) is 13.3 Å². The Morgan fingerprint density at radius 2 is 1.94 bits per heavy atom. The van der Waals surface area contributed by atoms with E-state index in [2.05, 4.69) is 20.6 Å². The Morgan fingerprint density at radius 1 is 1.33 bits per heavy atom. The molecule has 0 radical (unpaired) electrons. The molecule has 1 rings (SSSR count). The van der Waals surface area contributed by atoms with Gasteiger partial charge in [0.15, 0.2) is 0 Å². The third-order valence-electron chi connectivity index (χ3n) is 1.75. The molecule has 18 heavy (non-hydrogen) atoms. The molecule has 1 aliphatic rings. The maximum atomic E-state index is 11.1. The van der Waals surface area contributed by atoms with Crippen molar-refractivity contribution in [1.82, 2.24) is 10.9 Å². The zero-order valence-corrected chi connectivity index (χ0v) is 9.21. The summed E-state index contributed by atoms with van der Waals surface area (Å²) in [7, 11) is 0. The van der Waals surface area contributed by atoms with Crippen molar-refractivity contribution in [3.05, 3.63) is 31.9 Å². The van der Waals surface area contributed by atoms with E-state index in [1.54, 1.807) is 6.92 Å². The van der Waals surface area contributed by atoms with E-state index in [9.17, 15) is 25.0 Å². The van der Waals surface area contributed by atoms with Crippen molar-refractivity contribution in [1.29, 1.82) is 0 Å². The van der Waals surface area contributed by atoms with Crippen LogP contribution < -0.4 is 10.9 Å². The number of amidine groups is 1. The zero-order valence-electron chi connectivity index (χ0n) is 9.21. The van der Waals surface area contributed by atoms with Gasteiger partial charge in [0.1, 0.15) is 22.1 Å². The lowest BCUT2D eigenvalue weighted by Gasteiger charge is -2.00. The number of rotatable bonds is 5. The van der Waals surface area contributed by atoms with Gasteiger partial charge in [0.2, 0.25) is 0 Å². The van der Waals surface area contributed by atoms with Gasteiger partial charge < -0.3 is 4.74 Å². The maximum Gasteiger partial charge on any atom is 0.603 e. The molecular weight excluding hydrogens is 250 g/mol. The number of ether oxygens (including phenoxy) is 1. The van der Waals surface area contributed by atoms with Crippen molar-refractivity contribution in [3.8, 4) is 0 Å². The number of carbonyl (C=O) groups excluding carboxylic acids is 1. The van der Waals surface area contributed by atoms with Gasteiger partial charge in [0.25, 0.3) is 0 Å². The van der Waals surface area contributed by atoms with E-state index in [4.69, 9.17) is 0 Å². The third kappa shape index (κ3) is 3.13. The van der Waals surface area contributed by atoms with Crippen molar-refractivity contribution >= 4 is 11.8 Å². The average Bonchev–Trinajstić information content (AvgIpc) is 2.65. The van der Waals surface area contributed by atoms with Crippen LogP contribution in [0, 0.1) is 20.2 Å². The fourth-order valence-electron chi connectivity index (χ4n) is 1.10. The molecule has 0 atom stereocenters. The molecule has 1 heterocycles. The molecule has 11 nitrogen and oxygen atoms in total. The fraction of sp³-hybridized carbons (Fsp3) is 0.429. The van der Waals surface area contributed by atoms with Crippen LogP contribution >= 0.6 is 0 Å². The first-order valence-corrected chi connectivity index (χ1v) is 4.74. The summed E-state index contributed by atoms with van der Waals surface area (Å²) in [6, 6.07) is 0. The number of hydrazine groups is 1. The zero-order chi connectivity index (χ0) is 13.7. The van der Waals surface area contributed by atoms with Crippen LogP contribution in [-0.4, -0.2) is 28.3 Å². The highest BCUT2D eigenvalue weighted by atomic mass is 16.7. The molecule has 0 saturated heterocycles. The van der Waals surface area contributed by atoms with Gasteiger partial charge in [0, 0.05) is 0 Å². The highest BCUT2D eigenvalue weighted by Crippen LogP contribution is 2.09. The topological polar surface area (TPSA) is 149 Å². The quantitative estimate of drug-likeness (QED) is 0.367. The number of nitrogens with zero attached hydrogens (tertiary/aromatic N) is 3. The number of hydrogen-bond donors (Lipinski definition) is 2. The second-order valence-electron chi connectivity index (χ2n) is 2.98. The SMILES string of the molecule is CCOC(=O)CC1=NC(=C([N+](=O)[O-])[N+](=O)[O-])NN1. The minimum atomic E-state index is -1.30. The first kappa shape index (κ1) is 13.3. The Bertz CT molecular complexity index is 439. The number of nitro groups is 2. The van der Waals surface area contributed by atoms with Crippen molar-refractivity contribution in [2.75, 3.05) is 6.61 Å². The van der Waals surface area contributed by atoms with Gasteiger partial charge in [-0.2, -0.15) is 0 Å². The third-order valence-corrected chi connectivity index (χ3v) is 1.75. The van der Waals surface area contributed by atoms with E-state index in [0.29, 0.717) is 0 Å². The summed E-state index contributed by atoms with van der Waals surface area (Å²) >= 11 is 0. The van der Waals surface area contributed by atoms with Crippen LogP contribution in [0.5, 0.6) is 0 Å². The molecule has 0 unspecified atom stereocenters. The van der Waals surface area contributed by atoms with Gasteiger partial charge in [-0.3, -0.25) is 35.9 Å². The lowest BCUT2D eigenvalue weighted by molar-refractivity contribution is -0.617. The Kier molecular flexibility index (Phi) is 4.12. The molecular formula is C7H9N5O6. The van der Waals surface area contributed by atoms with Crippen LogP contribution in [0.15, 0.2) is 16.6 Å². The molecule has 0 fully saturated rings. The summed E-state index contributed by atoms with van der Waals surface area (Å²) in [4.78, 5) is 33.1. The molecule has 1 aliphatic heterocycles. The Balaban J connectivity index is 2.87. The summed E-state index contributed by atoms with van der Waals surface area (Å²) in [5.41, 5.74) is 4.47. The summed E-state index contributed by atoms with van der Waals surface area (Å²) in [5, 5.41) is 20.9. The molecule has 0 aromatic heterocycles. The van der Waals surface area contributed by atoms with Crippen molar-refractivity contribution < 1.29 is 19.4 Å². The summed E-state index contributed by atoms with van der Waals surface area (Å²) in [6.45, 7) is 1.79. The smallest absolute Gasteiger partial charge is 0.466 e. The highest BCUT2D eigenvalue weighted by Gasteiger charge is 2.35. The molecule has 11 heteroatoms. The first-order chi connectivity index (χ1) is 8.45. The molecule has 0 spiro atoms. The molecule has 2 N–H and O–H groups in total. The Morgan fingerprint density at radius 3 is 2.44 bits per heavy atom. The molecule has 0 aliphatic carbocycles. The maximum absolute atomic E-state index is 11.1. The molecule has 0 aromatic carbocycles. The molecule has 0 amide bonds. The first-order valence-electron chi connectivity index (χ1n) is 4.74. The molecule has 0 saturated carbocycles. The van der Waals surface area contributed by atoms with Crippen molar-refractivity contribution in [2.24, 2.45) is 4.99 Å². The number of nitrogens with one attached hydrogen (secondary N) is 2. The molecule has 0 aromatic rings. The van der Waals surface area contributed by atoms with Crippen LogP contribution in [0.4, 0.5) is 0 Å². The normalized spacial score (nSPS) is 13.2. The summed E-state index contributed by atoms with van der Waals surface area (Å²) < 4.78 is 4.62. The number of hydrogen-bond acceptors (Lipinski definition) is 9. The van der Waals surface area contributed by atoms with E-state index < -0.39 is 27.5 Å². The Hall–Kier alpha value is -2.72. The van der Waals surface area contributed by atoms with Gasteiger partial charge in [0.05, 0.1) is 6.61 Å². The predicted molar refractivity (Wildman–Crippen MR) is 56.0 cm³/mol. The number of esters is 1. The highest BCUT2D eigenvalue weighted by molar-refractivity contribution is 5.98. The van der Waals surface area contributed by atoms with Gasteiger partial charge in [-0.1, -0.05) is 0 Å². The fourth-order valence-corrected chi connectivity index (χ4v) is 1.10. The van der Waals surface area contributed by atoms with Gasteiger partial charge in [-0.05, 0) is 6.92 Å².